The lowest BCUT2D eigenvalue weighted by Crippen LogP contribution is -2.38. The number of rotatable bonds is 9. The zero-order valence-corrected chi connectivity index (χ0v) is 21.4. The zero-order valence-electron chi connectivity index (χ0n) is 19.1. The number of ether oxygens (including phenoxy) is 2. The fourth-order valence-electron chi connectivity index (χ4n) is 3.34. The van der Waals surface area contributed by atoms with Crippen LogP contribution in [0, 0.1) is 0 Å². The maximum absolute atomic E-state index is 5.54. The molecule has 0 atom stereocenters. The first kappa shape index (κ1) is 25.5. The van der Waals surface area contributed by atoms with Gasteiger partial charge in [0, 0.05) is 50.7 Å². The molecule has 0 aliphatic heterocycles. The molecule has 1 heterocycles. The highest BCUT2D eigenvalue weighted by molar-refractivity contribution is 14.0. The summed E-state index contributed by atoms with van der Waals surface area (Å²) in [6, 6.07) is 16.2. The van der Waals surface area contributed by atoms with Crippen LogP contribution in [0.15, 0.2) is 65.9 Å². The third-order valence-corrected chi connectivity index (χ3v) is 4.97. The van der Waals surface area contributed by atoms with Crippen LogP contribution in [0.3, 0.4) is 0 Å². The van der Waals surface area contributed by atoms with Gasteiger partial charge in [0.05, 0.1) is 14.2 Å². The number of nitrogens with one attached hydrogen (secondary N) is 1. The molecule has 0 unspecified atom stereocenters. The van der Waals surface area contributed by atoms with Crippen molar-refractivity contribution in [3.05, 3.63) is 77.9 Å². The number of hydrogen-bond acceptors (Lipinski definition) is 4. The van der Waals surface area contributed by atoms with E-state index in [0.29, 0.717) is 13.1 Å². The lowest BCUT2D eigenvalue weighted by atomic mass is 10.2. The average Bonchev–Trinajstić information content (AvgIpc) is 3.24. The number of hydrogen-bond donors (Lipinski definition) is 1. The second kappa shape index (κ2) is 12.9. The number of benzene rings is 2. The van der Waals surface area contributed by atoms with E-state index >= 15 is 0 Å². The van der Waals surface area contributed by atoms with Gasteiger partial charge in [-0.25, -0.2) is 9.98 Å². The van der Waals surface area contributed by atoms with Gasteiger partial charge in [-0.2, -0.15) is 0 Å². The molecule has 8 heteroatoms. The molecular weight excluding hydrogens is 517 g/mol. The quantitative estimate of drug-likeness (QED) is 0.247. The number of aliphatic imine (C=N–C) groups is 1. The van der Waals surface area contributed by atoms with Gasteiger partial charge in [-0.05, 0) is 24.6 Å². The van der Waals surface area contributed by atoms with Crippen LogP contribution in [-0.4, -0.2) is 48.2 Å². The topological polar surface area (TPSA) is 63.9 Å². The Hall–Kier alpha value is -2.75. The van der Waals surface area contributed by atoms with E-state index in [1.165, 1.54) is 5.56 Å². The summed E-state index contributed by atoms with van der Waals surface area (Å²) in [5, 5.41) is 3.37. The lowest BCUT2D eigenvalue weighted by molar-refractivity contribution is 0.382. The van der Waals surface area contributed by atoms with Crippen molar-refractivity contribution in [3.8, 4) is 11.5 Å². The van der Waals surface area contributed by atoms with Crippen molar-refractivity contribution >= 4 is 29.9 Å². The standard InChI is InChI=1S/C24H31N5O2.HI/c1-5-25-24(28(2)18-20-11-12-21(30-3)15-22(20)31-4)27-16-23-26-13-14-29(23)17-19-9-7-6-8-10-19;/h6-15H,5,16-18H2,1-4H3,(H,25,27);1H. The zero-order chi connectivity index (χ0) is 22.1. The van der Waals surface area contributed by atoms with E-state index in [1.807, 2.05) is 43.7 Å². The van der Waals surface area contributed by atoms with Crippen LogP contribution in [0.5, 0.6) is 11.5 Å². The van der Waals surface area contributed by atoms with Crippen LogP contribution < -0.4 is 14.8 Å². The third-order valence-electron chi connectivity index (χ3n) is 4.97. The normalized spacial score (nSPS) is 10.9. The number of nitrogens with zero attached hydrogens (tertiary/aromatic N) is 4. The Morgan fingerprint density at radius 1 is 1.12 bits per heavy atom. The highest BCUT2D eigenvalue weighted by atomic mass is 127. The molecular formula is C24H32IN5O2. The second-order valence-electron chi connectivity index (χ2n) is 7.16. The van der Waals surface area contributed by atoms with Gasteiger partial charge in [0.2, 0.25) is 0 Å². The van der Waals surface area contributed by atoms with Gasteiger partial charge in [-0.3, -0.25) is 0 Å². The summed E-state index contributed by atoms with van der Waals surface area (Å²) in [4.78, 5) is 11.4. The molecule has 0 bridgehead atoms. The van der Waals surface area contributed by atoms with Crippen molar-refractivity contribution < 1.29 is 9.47 Å². The van der Waals surface area contributed by atoms with Crippen molar-refractivity contribution in [1.29, 1.82) is 0 Å². The second-order valence-corrected chi connectivity index (χ2v) is 7.16. The van der Waals surface area contributed by atoms with Crippen LogP contribution in [0.25, 0.3) is 0 Å². The van der Waals surface area contributed by atoms with E-state index in [4.69, 9.17) is 14.5 Å². The van der Waals surface area contributed by atoms with E-state index in [2.05, 4.69) is 51.0 Å². The Kier molecular flexibility index (Phi) is 10.3. The summed E-state index contributed by atoms with van der Waals surface area (Å²) in [5.74, 6) is 3.30. The Labute approximate surface area is 207 Å². The van der Waals surface area contributed by atoms with Crippen molar-refractivity contribution in [2.45, 2.75) is 26.6 Å². The summed E-state index contributed by atoms with van der Waals surface area (Å²) >= 11 is 0. The molecule has 0 spiro atoms. The van der Waals surface area contributed by atoms with Crippen molar-refractivity contribution in [1.82, 2.24) is 19.8 Å². The molecule has 0 radical (unpaired) electrons. The van der Waals surface area contributed by atoms with E-state index in [0.717, 1.165) is 41.9 Å². The fraction of sp³-hybridized carbons (Fsp3) is 0.333. The molecule has 0 aliphatic carbocycles. The van der Waals surface area contributed by atoms with Crippen molar-refractivity contribution in [2.24, 2.45) is 4.99 Å². The van der Waals surface area contributed by atoms with Crippen molar-refractivity contribution in [3.63, 3.8) is 0 Å². The first-order valence-electron chi connectivity index (χ1n) is 10.4. The minimum atomic E-state index is 0. The highest BCUT2D eigenvalue weighted by Gasteiger charge is 2.12. The SMILES string of the molecule is CCNC(=NCc1nccn1Cc1ccccc1)N(C)Cc1ccc(OC)cc1OC.I. The summed E-state index contributed by atoms with van der Waals surface area (Å²) in [7, 11) is 5.34. The third kappa shape index (κ3) is 6.88. The molecule has 0 saturated heterocycles. The van der Waals surface area contributed by atoms with E-state index in [9.17, 15) is 0 Å². The highest BCUT2D eigenvalue weighted by Crippen LogP contribution is 2.25. The molecule has 2 aromatic carbocycles. The van der Waals surface area contributed by atoms with Gasteiger partial charge < -0.3 is 24.3 Å². The minimum Gasteiger partial charge on any atom is -0.497 e. The first-order chi connectivity index (χ1) is 15.1. The van der Waals surface area contributed by atoms with Gasteiger partial charge >= 0.3 is 0 Å². The molecule has 0 saturated carbocycles. The Balaban J connectivity index is 0.00000363. The predicted molar refractivity (Wildman–Crippen MR) is 139 cm³/mol. The number of imidazole rings is 1. The molecule has 0 fully saturated rings. The van der Waals surface area contributed by atoms with Gasteiger partial charge in [0.15, 0.2) is 5.96 Å². The van der Waals surface area contributed by atoms with E-state index in [1.54, 1.807) is 14.2 Å². The van der Waals surface area contributed by atoms with Gasteiger partial charge in [-0.15, -0.1) is 24.0 Å². The van der Waals surface area contributed by atoms with Crippen LogP contribution in [0.2, 0.25) is 0 Å². The van der Waals surface area contributed by atoms with E-state index in [-0.39, 0.29) is 24.0 Å². The Morgan fingerprint density at radius 2 is 1.91 bits per heavy atom. The Morgan fingerprint density at radius 3 is 2.59 bits per heavy atom. The number of aromatic nitrogens is 2. The molecule has 3 aromatic rings. The predicted octanol–water partition coefficient (Wildman–Crippen LogP) is 4.16. The summed E-state index contributed by atoms with van der Waals surface area (Å²) in [6.07, 6.45) is 3.82. The maximum Gasteiger partial charge on any atom is 0.194 e. The Bertz CT molecular complexity index is 991. The average molecular weight is 549 g/mol. The molecule has 172 valence electrons. The monoisotopic (exact) mass is 549 g/mol. The molecule has 32 heavy (non-hydrogen) atoms. The maximum atomic E-state index is 5.54. The molecule has 0 amide bonds. The van der Waals surface area contributed by atoms with E-state index < -0.39 is 0 Å². The van der Waals surface area contributed by atoms with Gasteiger partial charge in [0.1, 0.15) is 23.9 Å². The van der Waals surface area contributed by atoms with Gasteiger partial charge in [0.25, 0.3) is 0 Å². The summed E-state index contributed by atoms with van der Waals surface area (Å²) in [6.45, 7) is 4.76. The largest absolute Gasteiger partial charge is 0.497 e. The minimum absolute atomic E-state index is 0. The van der Waals surface area contributed by atoms with Crippen LogP contribution >= 0.6 is 24.0 Å². The van der Waals surface area contributed by atoms with Crippen LogP contribution in [0.1, 0.15) is 23.9 Å². The first-order valence-corrected chi connectivity index (χ1v) is 10.4. The van der Waals surface area contributed by atoms with Gasteiger partial charge in [-0.1, -0.05) is 30.3 Å². The van der Waals surface area contributed by atoms with Crippen LogP contribution in [0.4, 0.5) is 0 Å². The molecule has 1 N–H and O–H groups in total. The van der Waals surface area contributed by atoms with Crippen LogP contribution in [-0.2, 0) is 19.6 Å². The molecule has 0 aliphatic rings. The number of methoxy groups -OCH3 is 2. The number of guanidine groups is 1. The molecule has 1 aromatic heterocycles. The number of halogens is 1. The fourth-order valence-corrected chi connectivity index (χ4v) is 3.34. The smallest absolute Gasteiger partial charge is 0.194 e. The summed E-state index contributed by atoms with van der Waals surface area (Å²) in [5.41, 5.74) is 2.29. The molecule has 3 rings (SSSR count). The lowest BCUT2D eigenvalue weighted by Gasteiger charge is -2.23. The van der Waals surface area contributed by atoms with Crippen molar-refractivity contribution in [2.75, 3.05) is 27.8 Å². The summed E-state index contributed by atoms with van der Waals surface area (Å²) < 4.78 is 13.0. The molecule has 7 nitrogen and oxygen atoms in total.